The van der Waals surface area contributed by atoms with Gasteiger partial charge in [0.15, 0.2) is 0 Å². The Kier molecular flexibility index (Phi) is 9.45. The van der Waals surface area contributed by atoms with Crippen LogP contribution in [0.1, 0.15) is 0 Å². The lowest BCUT2D eigenvalue weighted by molar-refractivity contribution is 1.17. The van der Waals surface area contributed by atoms with Crippen LogP contribution in [0.15, 0.2) is 20.6 Å². The van der Waals surface area contributed by atoms with Gasteiger partial charge in [-0.05, 0) is 0 Å². The SMILES string of the molecule is SCC1CSC(CSc2cscc2SCC2SCC(CS)S2)S1. The molecule has 1 aromatic rings. The summed E-state index contributed by atoms with van der Waals surface area (Å²) in [6.07, 6.45) is 0. The lowest BCUT2D eigenvalue weighted by atomic mass is 10.6. The van der Waals surface area contributed by atoms with Crippen LogP contribution in [0.3, 0.4) is 0 Å². The highest BCUT2D eigenvalue weighted by atomic mass is 32.2. The maximum Gasteiger partial charge on any atom is 0.0600 e. The van der Waals surface area contributed by atoms with Crippen molar-refractivity contribution in [1.82, 2.24) is 0 Å². The molecule has 0 amide bonds. The number of hydrogen-bond acceptors (Lipinski definition) is 9. The van der Waals surface area contributed by atoms with E-state index in [0.717, 1.165) is 31.2 Å². The van der Waals surface area contributed by atoms with Crippen LogP contribution in [-0.2, 0) is 0 Å². The van der Waals surface area contributed by atoms with E-state index in [0.29, 0.717) is 0 Å². The minimum Gasteiger partial charge on any atom is -0.178 e. The first kappa shape index (κ1) is 20.2. The molecule has 3 rings (SSSR count). The first-order chi connectivity index (χ1) is 11.3. The molecule has 0 N–H and O–H groups in total. The molecule has 2 fully saturated rings. The molecule has 23 heavy (non-hydrogen) atoms. The first-order valence-corrected chi connectivity index (χ1v) is 15.5. The molecule has 0 saturated carbocycles. The average molecular weight is 477 g/mol. The third kappa shape index (κ3) is 6.26. The lowest BCUT2D eigenvalue weighted by Crippen LogP contribution is -2.03. The number of hydrogen-bond donors (Lipinski definition) is 2. The molecule has 0 aliphatic carbocycles. The molecule has 4 unspecified atom stereocenters. The van der Waals surface area contributed by atoms with E-state index in [4.69, 9.17) is 0 Å². The minimum absolute atomic E-state index is 0.743. The van der Waals surface area contributed by atoms with E-state index in [-0.39, 0.29) is 0 Å². The zero-order valence-corrected chi connectivity index (χ0v) is 20.0. The van der Waals surface area contributed by atoms with Crippen LogP contribution in [0.4, 0.5) is 0 Å². The molecule has 3 heterocycles. The van der Waals surface area contributed by atoms with Crippen molar-refractivity contribution in [1.29, 1.82) is 0 Å². The molecular weight excluding hydrogens is 457 g/mol. The van der Waals surface area contributed by atoms with Crippen molar-refractivity contribution >= 4 is 107 Å². The van der Waals surface area contributed by atoms with Crippen molar-refractivity contribution in [2.24, 2.45) is 0 Å². The van der Waals surface area contributed by atoms with Crippen LogP contribution < -0.4 is 0 Å². The Balaban J connectivity index is 1.42. The molecule has 0 bridgehead atoms. The second-order valence-electron chi connectivity index (χ2n) is 5.13. The van der Waals surface area contributed by atoms with Gasteiger partial charge in [-0.3, -0.25) is 0 Å². The third-order valence-corrected chi connectivity index (χ3v) is 15.6. The largest absolute Gasteiger partial charge is 0.178 e. The second kappa shape index (κ2) is 10.7. The predicted molar refractivity (Wildman–Crippen MR) is 129 cm³/mol. The van der Waals surface area contributed by atoms with Crippen LogP contribution in [0.2, 0.25) is 0 Å². The summed E-state index contributed by atoms with van der Waals surface area (Å²) in [5, 5.41) is 6.17. The Morgan fingerprint density at radius 3 is 1.74 bits per heavy atom. The fourth-order valence-corrected chi connectivity index (χ4v) is 13.8. The summed E-state index contributed by atoms with van der Waals surface area (Å²) in [4.78, 5) is 2.99. The molecule has 0 aromatic carbocycles. The van der Waals surface area contributed by atoms with E-state index in [2.05, 4.69) is 83.1 Å². The third-order valence-electron chi connectivity index (χ3n) is 3.37. The Hall–Kier alpha value is 2.50. The van der Waals surface area contributed by atoms with E-state index >= 15 is 0 Å². The number of thiol groups is 2. The van der Waals surface area contributed by atoms with Crippen molar-refractivity contribution in [3.63, 3.8) is 0 Å². The van der Waals surface area contributed by atoms with Crippen LogP contribution in [0.25, 0.3) is 0 Å². The van der Waals surface area contributed by atoms with E-state index in [9.17, 15) is 0 Å². The lowest BCUT2D eigenvalue weighted by Gasteiger charge is -2.11. The molecule has 0 nitrogen and oxygen atoms in total. The monoisotopic (exact) mass is 476 g/mol. The summed E-state index contributed by atoms with van der Waals surface area (Å²) in [6.45, 7) is 0. The molecule has 1 aromatic heterocycles. The van der Waals surface area contributed by atoms with Gasteiger partial charge < -0.3 is 0 Å². The van der Waals surface area contributed by atoms with Crippen molar-refractivity contribution in [2.75, 3.05) is 34.5 Å². The summed E-state index contributed by atoms with van der Waals surface area (Å²) < 4.78 is 1.49. The molecule has 2 saturated heterocycles. The summed E-state index contributed by atoms with van der Waals surface area (Å²) in [7, 11) is 0. The predicted octanol–water partition coefficient (Wildman–Crippen LogP) is 6.14. The van der Waals surface area contributed by atoms with Gasteiger partial charge in [-0.2, -0.15) is 36.6 Å². The summed E-state index contributed by atoms with van der Waals surface area (Å²) in [5.41, 5.74) is 0. The van der Waals surface area contributed by atoms with Gasteiger partial charge in [0, 0.05) is 65.6 Å². The smallest absolute Gasteiger partial charge is 0.0600 e. The van der Waals surface area contributed by atoms with Crippen molar-refractivity contribution in [2.45, 2.75) is 29.5 Å². The van der Waals surface area contributed by atoms with Gasteiger partial charge in [0.25, 0.3) is 0 Å². The van der Waals surface area contributed by atoms with Crippen LogP contribution in [-0.4, -0.2) is 54.2 Å². The first-order valence-electron chi connectivity index (χ1n) is 7.36. The van der Waals surface area contributed by atoms with Gasteiger partial charge in [-0.25, -0.2) is 0 Å². The maximum atomic E-state index is 4.43. The zero-order valence-electron chi connectivity index (χ0n) is 12.5. The van der Waals surface area contributed by atoms with Gasteiger partial charge in [0.2, 0.25) is 0 Å². The Bertz CT molecular complexity index is 436. The van der Waals surface area contributed by atoms with Crippen molar-refractivity contribution in [3.8, 4) is 0 Å². The molecule has 130 valence electrons. The van der Waals surface area contributed by atoms with Gasteiger partial charge in [0.05, 0.1) is 9.16 Å². The Morgan fingerprint density at radius 1 is 0.870 bits per heavy atom. The van der Waals surface area contributed by atoms with Gasteiger partial charge >= 0.3 is 0 Å². The van der Waals surface area contributed by atoms with Crippen LogP contribution in [0, 0.1) is 0 Å². The average Bonchev–Trinajstić information content (AvgIpc) is 3.30. The highest BCUT2D eigenvalue weighted by molar-refractivity contribution is 8.22. The summed E-state index contributed by atoms with van der Waals surface area (Å²) >= 11 is 23.3. The standard InChI is InChI=1S/C14H20S9/c15-1-9-3-20-13(22-9)7-18-11-5-17-6-12(11)19-8-14-21-4-10(2-16)23-14/h5-6,9-10,13-16H,1-4,7-8H2. The quantitative estimate of drug-likeness (QED) is 0.339. The maximum absolute atomic E-state index is 4.43. The number of thiophene rings is 1. The van der Waals surface area contributed by atoms with Crippen molar-refractivity contribution < 1.29 is 0 Å². The summed E-state index contributed by atoms with van der Waals surface area (Å²) in [6, 6.07) is 0. The minimum atomic E-state index is 0.743. The summed E-state index contributed by atoms with van der Waals surface area (Å²) in [5.74, 6) is 7.02. The van der Waals surface area contributed by atoms with Gasteiger partial charge in [0.1, 0.15) is 0 Å². The molecule has 4 atom stereocenters. The Labute approximate surface area is 180 Å². The fraction of sp³-hybridized carbons (Fsp3) is 0.714. The van der Waals surface area contributed by atoms with E-state index in [1.807, 2.05) is 34.9 Å². The van der Waals surface area contributed by atoms with E-state index in [1.54, 1.807) is 0 Å². The van der Waals surface area contributed by atoms with Gasteiger partial charge in [-0.1, -0.05) is 0 Å². The fourth-order valence-electron chi connectivity index (χ4n) is 2.18. The molecule has 2 aliphatic rings. The van der Waals surface area contributed by atoms with E-state index < -0.39 is 0 Å². The molecule has 0 spiro atoms. The van der Waals surface area contributed by atoms with Gasteiger partial charge in [-0.15, -0.1) is 70.6 Å². The number of rotatable bonds is 8. The van der Waals surface area contributed by atoms with Crippen molar-refractivity contribution in [3.05, 3.63) is 10.8 Å². The molecular formula is C14H20S9. The van der Waals surface area contributed by atoms with E-state index in [1.165, 1.54) is 32.8 Å². The zero-order chi connectivity index (χ0) is 16.1. The normalized spacial score (nSPS) is 31.0. The highest BCUT2D eigenvalue weighted by Gasteiger charge is 2.26. The van der Waals surface area contributed by atoms with Crippen LogP contribution >= 0.6 is 107 Å². The molecule has 0 radical (unpaired) electrons. The highest BCUT2D eigenvalue weighted by Crippen LogP contribution is 2.45. The number of thioether (sulfide) groups is 6. The second-order valence-corrected chi connectivity index (χ2v) is 14.8. The molecule has 2 aliphatic heterocycles. The Morgan fingerprint density at radius 2 is 1.35 bits per heavy atom. The van der Waals surface area contributed by atoms with Crippen LogP contribution in [0.5, 0.6) is 0 Å². The topological polar surface area (TPSA) is 0 Å². The molecule has 9 heteroatoms.